The molecular formula is C42H58IrNO2Si-. The molecule has 0 saturated heterocycles. The number of ketones is 1. The summed E-state index contributed by atoms with van der Waals surface area (Å²) in [6, 6.07) is 25.6. The molecule has 1 N–H and O–H groups in total. The number of aryl methyl sites for hydroxylation is 2. The van der Waals surface area contributed by atoms with Gasteiger partial charge in [0.25, 0.3) is 0 Å². The Morgan fingerprint density at radius 1 is 0.787 bits per heavy atom. The van der Waals surface area contributed by atoms with Crippen molar-refractivity contribution in [1.29, 1.82) is 0 Å². The van der Waals surface area contributed by atoms with Crippen LogP contribution in [0.25, 0.3) is 32.8 Å². The average Bonchev–Trinajstić information content (AvgIpc) is 3.07. The number of allylic oxidation sites excluding steroid dienone is 2. The molecule has 0 saturated carbocycles. The van der Waals surface area contributed by atoms with Gasteiger partial charge in [0.15, 0.2) is 5.78 Å². The van der Waals surface area contributed by atoms with Gasteiger partial charge < -0.3 is 10.1 Å². The molecular weight excluding hydrogens is 771 g/mol. The third-order valence-corrected chi connectivity index (χ3v) is 17.0. The molecule has 0 aliphatic rings. The van der Waals surface area contributed by atoms with E-state index < -0.39 is 8.07 Å². The summed E-state index contributed by atoms with van der Waals surface area (Å²) < 4.78 is 0. The van der Waals surface area contributed by atoms with Crippen LogP contribution in [0.2, 0.25) is 18.1 Å². The summed E-state index contributed by atoms with van der Waals surface area (Å²) >= 11 is 0. The van der Waals surface area contributed by atoms with Crippen molar-refractivity contribution < 1.29 is 30.0 Å². The first kappa shape index (κ1) is 40.6. The normalized spacial score (nSPS) is 12.4. The predicted octanol–water partition coefficient (Wildman–Crippen LogP) is 11.8. The van der Waals surface area contributed by atoms with Crippen molar-refractivity contribution in [2.75, 3.05) is 0 Å². The van der Waals surface area contributed by atoms with Crippen LogP contribution in [0.5, 0.6) is 0 Å². The number of rotatable bonds is 12. The maximum Gasteiger partial charge on any atom is 0.164 e. The van der Waals surface area contributed by atoms with Gasteiger partial charge in [-0.1, -0.05) is 130 Å². The van der Waals surface area contributed by atoms with Crippen LogP contribution in [0.4, 0.5) is 0 Å². The number of carbonyl (C=O) groups is 1. The maximum atomic E-state index is 12.2. The van der Waals surface area contributed by atoms with E-state index in [1.165, 1.54) is 51.3 Å². The first-order chi connectivity index (χ1) is 21.8. The van der Waals surface area contributed by atoms with Crippen molar-refractivity contribution in [2.24, 2.45) is 10.8 Å². The fraction of sp³-hybridized carbons (Fsp3) is 0.476. The fourth-order valence-corrected chi connectivity index (χ4v) is 10.6. The number of hydrogen-bond acceptors (Lipinski definition) is 3. The minimum absolute atomic E-state index is 0. The van der Waals surface area contributed by atoms with Gasteiger partial charge in [-0.3, -0.25) is 4.79 Å². The summed E-state index contributed by atoms with van der Waals surface area (Å²) in [6.45, 7) is 23.5. The van der Waals surface area contributed by atoms with Crippen LogP contribution >= 0.6 is 0 Å². The van der Waals surface area contributed by atoms with Crippen LogP contribution in [0.3, 0.4) is 0 Å². The Morgan fingerprint density at radius 3 is 1.87 bits per heavy atom. The van der Waals surface area contributed by atoms with E-state index in [1.807, 2.05) is 47.7 Å². The third kappa shape index (κ3) is 8.53. The van der Waals surface area contributed by atoms with E-state index in [9.17, 15) is 9.90 Å². The van der Waals surface area contributed by atoms with Gasteiger partial charge in [0.1, 0.15) is 5.76 Å². The second kappa shape index (κ2) is 17.2. The summed E-state index contributed by atoms with van der Waals surface area (Å²) in [5, 5.41) is 17.1. The van der Waals surface area contributed by atoms with E-state index in [2.05, 4.69) is 89.2 Å². The van der Waals surface area contributed by atoms with Crippen LogP contribution in [0.15, 0.2) is 66.6 Å². The fourth-order valence-electron chi connectivity index (χ4n) is 6.73. The van der Waals surface area contributed by atoms with E-state index in [0.717, 1.165) is 42.5 Å². The standard InChI is InChI=1S/C27H30NSi.C15H28O2.Ir/c1-6-29(7-2,8-3)26-11-9-10-22-23-14-15-28-27(25(23)13-12-24(22)26)21-17-19(4)16-20(5)18-21;1-7-14(5,8-2)12(16)11-13(17)15(6,9-3)10-4;/h9-17H,6-8H2,1-5H3;11,16H,7-10H2,1-6H3;/q-1;;/b;12-11-;. The molecule has 0 bridgehead atoms. The van der Waals surface area contributed by atoms with E-state index >= 15 is 0 Å². The summed E-state index contributed by atoms with van der Waals surface area (Å²) in [5.41, 5.74) is 3.93. The molecule has 3 nitrogen and oxygen atoms in total. The summed E-state index contributed by atoms with van der Waals surface area (Å²) in [7, 11) is -1.46. The minimum Gasteiger partial charge on any atom is -0.512 e. The Kier molecular flexibility index (Phi) is 14.8. The van der Waals surface area contributed by atoms with Gasteiger partial charge in [-0.2, -0.15) is 0 Å². The second-order valence-corrected chi connectivity index (χ2v) is 19.0. The van der Waals surface area contributed by atoms with Gasteiger partial charge in [-0.15, -0.1) is 34.9 Å². The van der Waals surface area contributed by atoms with E-state index in [4.69, 9.17) is 4.98 Å². The van der Waals surface area contributed by atoms with Crippen molar-refractivity contribution in [3.8, 4) is 11.3 Å². The van der Waals surface area contributed by atoms with E-state index in [1.54, 1.807) is 5.19 Å². The Balaban J connectivity index is 0.000000370. The van der Waals surface area contributed by atoms with Crippen LogP contribution in [0, 0.1) is 30.7 Å². The zero-order chi connectivity index (χ0) is 34.3. The molecule has 0 amide bonds. The molecule has 257 valence electrons. The van der Waals surface area contributed by atoms with Gasteiger partial charge >= 0.3 is 0 Å². The van der Waals surface area contributed by atoms with Gasteiger partial charge in [0.05, 0.1) is 8.07 Å². The number of benzene rings is 3. The number of hydrogen-bond donors (Lipinski definition) is 1. The van der Waals surface area contributed by atoms with Crippen LogP contribution in [0.1, 0.15) is 99.1 Å². The Bertz CT molecular complexity index is 1650. The first-order valence-corrected chi connectivity index (χ1v) is 20.2. The molecule has 0 aliphatic carbocycles. The van der Waals surface area contributed by atoms with Crippen molar-refractivity contribution in [3.05, 3.63) is 83.8 Å². The van der Waals surface area contributed by atoms with Gasteiger partial charge in [-0.05, 0) is 59.0 Å². The molecule has 1 aromatic heterocycles. The third-order valence-electron chi connectivity index (χ3n) is 11.4. The molecule has 0 fully saturated rings. The zero-order valence-corrected chi connectivity index (χ0v) is 34.3. The average molecular weight is 829 g/mol. The Morgan fingerprint density at radius 2 is 1.34 bits per heavy atom. The molecule has 5 heteroatoms. The first-order valence-electron chi connectivity index (χ1n) is 17.6. The number of carbonyl (C=O) groups excluding carboxylic acids is 1. The quantitative estimate of drug-likeness (QED) is 0.0509. The summed E-state index contributed by atoms with van der Waals surface area (Å²) in [5.74, 6) is 0.286. The van der Waals surface area contributed by atoms with Crippen LogP contribution in [-0.4, -0.2) is 23.9 Å². The maximum absolute atomic E-state index is 12.2. The largest absolute Gasteiger partial charge is 0.512 e. The number of nitrogens with zero attached hydrogens (tertiary/aromatic N) is 1. The summed E-state index contributed by atoms with van der Waals surface area (Å²) in [6.07, 6.45) is 6.71. The van der Waals surface area contributed by atoms with Crippen LogP contribution < -0.4 is 5.19 Å². The van der Waals surface area contributed by atoms with Gasteiger partial charge in [-0.25, -0.2) is 0 Å². The second-order valence-electron chi connectivity index (χ2n) is 13.7. The molecule has 0 aliphatic heterocycles. The van der Waals surface area contributed by atoms with Crippen molar-refractivity contribution in [1.82, 2.24) is 4.98 Å². The number of aromatic nitrogens is 1. The SMILES string of the molecule is CCC(C)(CC)C(=O)/C=C(\O)C(C)(CC)CC.CC[Si](CC)(CC)c1cccc2c1ccc1c(-c3[c-]c(C)cc(C)c3)nccc12.[Ir]. The molecule has 3 aromatic carbocycles. The molecule has 1 heterocycles. The summed E-state index contributed by atoms with van der Waals surface area (Å²) in [4.78, 5) is 16.9. The number of fused-ring (bicyclic) bond motifs is 3. The Hall–Kier alpha value is -2.59. The minimum atomic E-state index is -1.46. The molecule has 0 unspecified atom stereocenters. The molecule has 0 atom stereocenters. The van der Waals surface area contributed by atoms with Crippen LogP contribution in [-0.2, 0) is 24.9 Å². The van der Waals surface area contributed by atoms with Gasteiger partial charge in [0.2, 0.25) is 0 Å². The monoisotopic (exact) mass is 829 g/mol. The number of aliphatic hydroxyl groups excluding tert-OH is 1. The zero-order valence-electron chi connectivity index (χ0n) is 30.9. The molecule has 4 rings (SSSR count). The van der Waals surface area contributed by atoms with E-state index in [-0.39, 0.29) is 42.5 Å². The molecule has 1 radical (unpaired) electrons. The van der Waals surface area contributed by atoms with Crippen molar-refractivity contribution >= 4 is 40.6 Å². The molecule has 4 aromatic rings. The topological polar surface area (TPSA) is 50.2 Å². The van der Waals surface area contributed by atoms with Crippen molar-refractivity contribution in [3.63, 3.8) is 0 Å². The van der Waals surface area contributed by atoms with E-state index in [0.29, 0.717) is 0 Å². The number of pyridine rings is 1. The van der Waals surface area contributed by atoms with Gasteiger partial charge in [0, 0.05) is 43.2 Å². The molecule has 0 spiro atoms. The Labute approximate surface area is 300 Å². The smallest absolute Gasteiger partial charge is 0.164 e. The number of aliphatic hydroxyl groups is 1. The molecule has 47 heavy (non-hydrogen) atoms. The predicted molar refractivity (Wildman–Crippen MR) is 203 cm³/mol. The van der Waals surface area contributed by atoms with Crippen molar-refractivity contribution in [2.45, 2.75) is 120 Å².